The summed E-state index contributed by atoms with van der Waals surface area (Å²) >= 11 is 0. The number of rotatable bonds is 2. The highest BCUT2D eigenvalue weighted by Gasteiger charge is 2.24. The number of fused-ring (bicyclic) bond motifs is 1. The molecule has 1 atom stereocenters. The Balaban J connectivity index is 2.06. The molecule has 0 spiro atoms. The van der Waals surface area contributed by atoms with Crippen LogP contribution in [0.3, 0.4) is 0 Å². The van der Waals surface area contributed by atoms with E-state index in [1.54, 1.807) is 18.2 Å². The third kappa shape index (κ3) is 2.68. The van der Waals surface area contributed by atoms with Crippen molar-refractivity contribution in [1.29, 1.82) is 0 Å². The Labute approximate surface area is 132 Å². The lowest BCUT2D eigenvalue weighted by molar-refractivity contribution is 0.0656. The zero-order valence-corrected chi connectivity index (χ0v) is 13.3. The summed E-state index contributed by atoms with van der Waals surface area (Å²) in [7, 11) is 0. The van der Waals surface area contributed by atoms with Crippen LogP contribution in [0.1, 0.15) is 24.2 Å². The maximum atomic E-state index is 12.7. The van der Waals surface area contributed by atoms with E-state index in [1.807, 2.05) is 18.7 Å². The molecule has 0 aliphatic carbocycles. The van der Waals surface area contributed by atoms with E-state index >= 15 is 0 Å². The summed E-state index contributed by atoms with van der Waals surface area (Å²) in [6.45, 7) is 6.41. The molecule has 2 heterocycles. The lowest BCUT2D eigenvalue weighted by Crippen LogP contribution is -2.52. The van der Waals surface area contributed by atoms with Crippen LogP contribution in [0.2, 0.25) is 0 Å². The largest absolute Gasteiger partial charge is 0.333 e. The van der Waals surface area contributed by atoms with Gasteiger partial charge >= 0.3 is 11.1 Å². The molecule has 2 aromatic rings. The molecule has 0 saturated carbocycles. The van der Waals surface area contributed by atoms with E-state index in [-0.39, 0.29) is 11.9 Å². The second kappa shape index (κ2) is 6.00. The number of aromatic nitrogens is 2. The normalized spacial score (nSPS) is 18.3. The van der Waals surface area contributed by atoms with Crippen molar-refractivity contribution in [1.82, 2.24) is 19.8 Å². The van der Waals surface area contributed by atoms with Gasteiger partial charge in [-0.3, -0.25) is 14.4 Å². The first kappa shape index (κ1) is 15.5. The van der Waals surface area contributed by atoms with E-state index in [2.05, 4.69) is 10.3 Å². The van der Waals surface area contributed by atoms with Gasteiger partial charge in [0, 0.05) is 37.8 Å². The minimum Gasteiger partial charge on any atom is -0.333 e. The number of nitrogens with zero attached hydrogens (tertiary/aromatic N) is 2. The standard InChI is InChI=1S/C16H20N4O3/c1-3-19-13-5-4-11(8-12(13)18-14(21)16(19)23)15(22)20-7-6-17-9-10(20)2/h4-5,8,10,17H,3,6-7,9H2,1-2H3,(H,18,21). The maximum Gasteiger partial charge on any atom is 0.316 e. The Morgan fingerprint density at radius 3 is 2.83 bits per heavy atom. The first-order chi connectivity index (χ1) is 11.0. The van der Waals surface area contributed by atoms with Gasteiger partial charge in [-0.2, -0.15) is 0 Å². The predicted octanol–water partition coefficient (Wildman–Crippen LogP) is 0.144. The molecule has 7 nitrogen and oxygen atoms in total. The number of amides is 1. The Morgan fingerprint density at radius 2 is 2.13 bits per heavy atom. The van der Waals surface area contributed by atoms with E-state index in [4.69, 9.17) is 0 Å². The molecule has 122 valence electrons. The second-order valence-corrected chi connectivity index (χ2v) is 5.79. The molecule has 1 saturated heterocycles. The average molecular weight is 316 g/mol. The highest BCUT2D eigenvalue weighted by atomic mass is 16.2. The van der Waals surface area contributed by atoms with Crippen molar-refractivity contribution in [3.63, 3.8) is 0 Å². The van der Waals surface area contributed by atoms with Crippen molar-refractivity contribution in [3.05, 3.63) is 44.5 Å². The van der Waals surface area contributed by atoms with Gasteiger partial charge in [0.25, 0.3) is 5.91 Å². The van der Waals surface area contributed by atoms with Gasteiger partial charge in [0.1, 0.15) is 0 Å². The third-order valence-corrected chi connectivity index (χ3v) is 4.30. The zero-order valence-electron chi connectivity index (χ0n) is 13.3. The van der Waals surface area contributed by atoms with E-state index in [0.29, 0.717) is 29.7 Å². The van der Waals surface area contributed by atoms with Crippen LogP contribution in [0.25, 0.3) is 11.0 Å². The van der Waals surface area contributed by atoms with Gasteiger partial charge in [0.05, 0.1) is 11.0 Å². The van der Waals surface area contributed by atoms with Crippen molar-refractivity contribution in [3.8, 4) is 0 Å². The van der Waals surface area contributed by atoms with Gasteiger partial charge < -0.3 is 19.8 Å². The Morgan fingerprint density at radius 1 is 1.35 bits per heavy atom. The molecular weight excluding hydrogens is 296 g/mol. The van der Waals surface area contributed by atoms with E-state index in [1.165, 1.54) is 4.57 Å². The van der Waals surface area contributed by atoms with Gasteiger partial charge in [0.15, 0.2) is 0 Å². The van der Waals surface area contributed by atoms with Crippen molar-refractivity contribution in [2.24, 2.45) is 0 Å². The molecule has 0 radical (unpaired) electrons. The van der Waals surface area contributed by atoms with Crippen LogP contribution in [0.4, 0.5) is 0 Å². The fraction of sp³-hybridized carbons (Fsp3) is 0.438. The number of benzene rings is 1. The van der Waals surface area contributed by atoms with Crippen LogP contribution in [0, 0.1) is 0 Å². The number of hydrogen-bond donors (Lipinski definition) is 2. The number of H-pyrrole nitrogens is 1. The number of aromatic amines is 1. The van der Waals surface area contributed by atoms with Crippen molar-refractivity contribution in [2.45, 2.75) is 26.4 Å². The first-order valence-electron chi connectivity index (χ1n) is 7.81. The molecule has 23 heavy (non-hydrogen) atoms. The lowest BCUT2D eigenvalue weighted by Gasteiger charge is -2.34. The highest BCUT2D eigenvalue weighted by molar-refractivity contribution is 5.97. The number of hydrogen-bond acceptors (Lipinski definition) is 4. The molecular formula is C16H20N4O3. The van der Waals surface area contributed by atoms with Crippen molar-refractivity contribution >= 4 is 16.9 Å². The quantitative estimate of drug-likeness (QED) is 0.772. The summed E-state index contributed by atoms with van der Waals surface area (Å²) in [4.78, 5) is 40.7. The number of carbonyl (C=O) groups is 1. The predicted molar refractivity (Wildman–Crippen MR) is 87.9 cm³/mol. The summed E-state index contributed by atoms with van der Waals surface area (Å²) in [6, 6.07) is 5.20. The van der Waals surface area contributed by atoms with Gasteiger partial charge in [0.2, 0.25) is 0 Å². The summed E-state index contributed by atoms with van der Waals surface area (Å²) in [5.74, 6) is -0.0593. The highest BCUT2D eigenvalue weighted by Crippen LogP contribution is 2.15. The van der Waals surface area contributed by atoms with Gasteiger partial charge in [-0.15, -0.1) is 0 Å². The van der Waals surface area contributed by atoms with Gasteiger partial charge in [-0.1, -0.05) is 0 Å². The minimum atomic E-state index is -0.667. The summed E-state index contributed by atoms with van der Waals surface area (Å²) in [5.41, 5.74) is 0.407. The maximum absolute atomic E-state index is 12.7. The molecule has 1 amide bonds. The number of piperazine rings is 1. The van der Waals surface area contributed by atoms with Crippen molar-refractivity contribution < 1.29 is 4.79 Å². The molecule has 1 aromatic heterocycles. The molecule has 2 N–H and O–H groups in total. The SMILES string of the molecule is CCn1c(=O)c(=O)[nH]c2cc(C(=O)N3CCNCC3C)ccc21. The molecule has 7 heteroatoms. The summed E-state index contributed by atoms with van der Waals surface area (Å²) < 4.78 is 1.41. The molecule has 1 aliphatic heterocycles. The molecule has 1 fully saturated rings. The second-order valence-electron chi connectivity index (χ2n) is 5.79. The minimum absolute atomic E-state index is 0.0593. The lowest BCUT2D eigenvalue weighted by atomic mass is 10.1. The van der Waals surface area contributed by atoms with E-state index < -0.39 is 11.1 Å². The van der Waals surface area contributed by atoms with Crippen LogP contribution in [-0.4, -0.2) is 46.0 Å². The van der Waals surface area contributed by atoms with Crippen LogP contribution in [0.5, 0.6) is 0 Å². The monoisotopic (exact) mass is 316 g/mol. The Kier molecular flexibility index (Phi) is 4.04. The van der Waals surface area contributed by atoms with Crippen LogP contribution < -0.4 is 16.4 Å². The smallest absolute Gasteiger partial charge is 0.316 e. The average Bonchev–Trinajstić information content (AvgIpc) is 2.55. The summed E-state index contributed by atoms with van der Waals surface area (Å²) in [6.07, 6.45) is 0. The summed E-state index contributed by atoms with van der Waals surface area (Å²) in [5, 5.41) is 3.25. The molecule has 0 bridgehead atoms. The van der Waals surface area contributed by atoms with E-state index in [0.717, 1.165) is 13.1 Å². The Hall–Kier alpha value is -2.41. The fourth-order valence-corrected chi connectivity index (χ4v) is 3.03. The molecule has 3 rings (SSSR count). The molecule has 1 aromatic carbocycles. The number of carbonyl (C=O) groups excluding carboxylic acids is 1. The van der Waals surface area contributed by atoms with Crippen LogP contribution in [-0.2, 0) is 6.54 Å². The first-order valence-corrected chi connectivity index (χ1v) is 7.81. The third-order valence-electron chi connectivity index (χ3n) is 4.30. The van der Waals surface area contributed by atoms with Gasteiger partial charge in [-0.05, 0) is 32.0 Å². The fourth-order valence-electron chi connectivity index (χ4n) is 3.03. The molecule has 1 unspecified atom stereocenters. The number of aryl methyl sites for hydroxylation is 1. The number of nitrogens with one attached hydrogen (secondary N) is 2. The van der Waals surface area contributed by atoms with E-state index in [9.17, 15) is 14.4 Å². The van der Waals surface area contributed by atoms with Crippen LogP contribution in [0.15, 0.2) is 27.8 Å². The molecule has 1 aliphatic rings. The zero-order chi connectivity index (χ0) is 16.6. The topological polar surface area (TPSA) is 87.2 Å². The Bertz CT molecular complexity index is 868. The van der Waals surface area contributed by atoms with Gasteiger partial charge in [-0.25, -0.2) is 0 Å². The van der Waals surface area contributed by atoms with Crippen LogP contribution >= 0.6 is 0 Å². The van der Waals surface area contributed by atoms with Crippen molar-refractivity contribution in [2.75, 3.05) is 19.6 Å².